The second kappa shape index (κ2) is 6.32. The van der Waals surface area contributed by atoms with Gasteiger partial charge in [0.05, 0.1) is 0 Å². The van der Waals surface area contributed by atoms with Crippen molar-refractivity contribution in [1.29, 1.82) is 0 Å². The number of hydrogen-bond acceptors (Lipinski definition) is 4. The van der Waals surface area contributed by atoms with E-state index in [2.05, 4.69) is 10.3 Å². The molecule has 0 spiro atoms. The number of carbonyl (C=O) groups is 1. The van der Waals surface area contributed by atoms with Crippen LogP contribution in [-0.4, -0.2) is 42.0 Å². The molecule has 0 bridgehead atoms. The van der Waals surface area contributed by atoms with Gasteiger partial charge in [0.1, 0.15) is 5.52 Å². The molecule has 0 saturated carbocycles. The lowest BCUT2D eigenvalue weighted by atomic mass is 9.92. The predicted molar refractivity (Wildman–Crippen MR) is 88.0 cm³/mol. The van der Waals surface area contributed by atoms with Crippen molar-refractivity contribution in [2.75, 3.05) is 26.2 Å². The highest BCUT2D eigenvalue weighted by Crippen LogP contribution is 2.27. The van der Waals surface area contributed by atoms with Crippen molar-refractivity contribution in [3.05, 3.63) is 30.2 Å². The highest BCUT2D eigenvalue weighted by Gasteiger charge is 2.31. The minimum Gasteiger partial charge on any atom is -0.441 e. The fraction of sp³-hybridized carbons (Fsp3) is 0.556. The van der Waals surface area contributed by atoms with Gasteiger partial charge in [0.25, 0.3) is 0 Å². The molecule has 1 aromatic carbocycles. The number of likely N-dealkylation sites (tertiary alicyclic amines) is 1. The maximum atomic E-state index is 12.5. The summed E-state index contributed by atoms with van der Waals surface area (Å²) in [7, 11) is 0. The number of para-hydroxylation sites is 2. The number of hydrogen-bond donors (Lipinski definition) is 1. The standard InChI is InChI=1S/C18H23N3O2/c22-18(21-9-7-13-11-19-12-14(13)8-10-21)6-5-17-20-15-3-1-2-4-16(15)23-17/h1-4,13-14,19H,5-12H2/t13-,14+. The summed E-state index contributed by atoms with van der Waals surface area (Å²) in [6.07, 6.45) is 3.33. The van der Waals surface area contributed by atoms with Gasteiger partial charge in [-0.3, -0.25) is 4.79 Å². The number of aromatic nitrogens is 1. The van der Waals surface area contributed by atoms with Gasteiger partial charge in [-0.15, -0.1) is 0 Å². The number of benzene rings is 1. The van der Waals surface area contributed by atoms with E-state index in [0.717, 1.165) is 62.0 Å². The van der Waals surface area contributed by atoms with E-state index in [-0.39, 0.29) is 5.91 Å². The van der Waals surface area contributed by atoms with Gasteiger partial charge in [-0.1, -0.05) is 12.1 Å². The maximum absolute atomic E-state index is 12.5. The van der Waals surface area contributed by atoms with Crippen LogP contribution >= 0.6 is 0 Å². The Kier molecular flexibility index (Phi) is 4.04. The zero-order valence-electron chi connectivity index (χ0n) is 13.3. The highest BCUT2D eigenvalue weighted by molar-refractivity contribution is 5.76. The minimum atomic E-state index is 0.236. The van der Waals surface area contributed by atoms with E-state index in [4.69, 9.17) is 4.42 Å². The second-order valence-electron chi connectivity index (χ2n) is 6.71. The number of oxazole rings is 1. The van der Waals surface area contributed by atoms with Crippen molar-refractivity contribution < 1.29 is 9.21 Å². The summed E-state index contributed by atoms with van der Waals surface area (Å²) in [5.41, 5.74) is 1.66. The minimum absolute atomic E-state index is 0.236. The normalized spacial score (nSPS) is 24.6. The number of nitrogens with zero attached hydrogens (tertiary/aromatic N) is 2. The van der Waals surface area contributed by atoms with Gasteiger partial charge >= 0.3 is 0 Å². The molecule has 2 fully saturated rings. The monoisotopic (exact) mass is 313 g/mol. The van der Waals surface area contributed by atoms with Crippen LogP contribution < -0.4 is 5.32 Å². The summed E-state index contributed by atoms with van der Waals surface area (Å²) in [5.74, 6) is 2.41. The zero-order chi connectivity index (χ0) is 15.6. The molecule has 2 atom stereocenters. The lowest BCUT2D eigenvalue weighted by Gasteiger charge is -2.20. The first kappa shape index (κ1) is 14.7. The Balaban J connectivity index is 1.34. The topological polar surface area (TPSA) is 58.4 Å². The molecule has 2 aliphatic heterocycles. The Morgan fingerprint density at radius 3 is 2.70 bits per heavy atom. The molecule has 2 aliphatic rings. The number of carbonyl (C=O) groups excluding carboxylic acids is 1. The van der Waals surface area contributed by atoms with Crippen LogP contribution in [0.3, 0.4) is 0 Å². The maximum Gasteiger partial charge on any atom is 0.223 e. The molecular formula is C18H23N3O2. The fourth-order valence-electron chi connectivity index (χ4n) is 3.87. The van der Waals surface area contributed by atoms with Crippen LogP contribution in [0.15, 0.2) is 28.7 Å². The molecule has 1 aromatic heterocycles. The molecule has 1 amide bonds. The molecule has 122 valence electrons. The smallest absolute Gasteiger partial charge is 0.223 e. The highest BCUT2D eigenvalue weighted by atomic mass is 16.3. The number of fused-ring (bicyclic) bond motifs is 2. The molecule has 5 heteroatoms. The van der Waals surface area contributed by atoms with Crippen LogP contribution in [0.1, 0.15) is 25.2 Å². The lowest BCUT2D eigenvalue weighted by molar-refractivity contribution is -0.131. The molecule has 0 aliphatic carbocycles. The number of aryl methyl sites for hydroxylation is 1. The zero-order valence-corrected chi connectivity index (χ0v) is 13.3. The third-order valence-corrected chi connectivity index (χ3v) is 5.26. The van der Waals surface area contributed by atoms with Gasteiger partial charge in [0.15, 0.2) is 11.5 Å². The average molecular weight is 313 g/mol. The van der Waals surface area contributed by atoms with Gasteiger partial charge in [-0.05, 0) is 49.9 Å². The summed E-state index contributed by atoms with van der Waals surface area (Å²) in [6.45, 7) is 4.04. The summed E-state index contributed by atoms with van der Waals surface area (Å²) in [6, 6.07) is 7.73. The van der Waals surface area contributed by atoms with Crippen LogP contribution in [0, 0.1) is 11.8 Å². The van der Waals surface area contributed by atoms with Crippen LogP contribution in [0.25, 0.3) is 11.1 Å². The molecular weight excluding hydrogens is 290 g/mol. The van der Waals surface area contributed by atoms with E-state index in [0.29, 0.717) is 18.7 Å². The van der Waals surface area contributed by atoms with Crippen LogP contribution in [0.4, 0.5) is 0 Å². The average Bonchev–Trinajstić information content (AvgIpc) is 3.14. The Bertz CT molecular complexity index is 649. The van der Waals surface area contributed by atoms with Crippen LogP contribution in [-0.2, 0) is 11.2 Å². The quantitative estimate of drug-likeness (QED) is 0.944. The molecule has 1 N–H and O–H groups in total. The molecule has 0 unspecified atom stereocenters. The number of nitrogens with one attached hydrogen (secondary N) is 1. The first-order valence-electron chi connectivity index (χ1n) is 8.62. The van der Waals surface area contributed by atoms with Crippen molar-refractivity contribution in [3.63, 3.8) is 0 Å². The molecule has 4 rings (SSSR count). The summed E-state index contributed by atoms with van der Waals surface area (Å²) < 4.78 is 5.70. The molecule has 0 radical (unpaired) electrons. The Labute approximate surface area is 136 Å². The van der Waals surface area contributed by atoms with E-state index in [9.17, 15) is 4.79 Å². The van der Waals surface area contributed by atoms with E-state index >= 15 is 0 Å². The third-order valence-electron chi connectivity index (χ3n) is 5.26. The SMILES string of the molecule is O=C(CCc1nc2ccccc2o1)N1CC[C@@H]2CNC[C@@H]2CC1. The molecule has 3 heterocycles. The second-order valence-corrected chi connectivity index (χ2v) is 6.71. The van der Waals surface area contributed by atoms with Gasteiger partial charge < -0.3 is 14.6 Å². The first-order chi connectivity index (χ1) is 11.3. The Morgan fingerprint density at radius 2 is 1.96 bits per heavy atom. The van der Waals surface area contributed by atoms with Crippen LogP contribution in [0.2, 0.25) is 0 Å². The van der Waals surface area contributed by atoms with Gasteiger partial charge in [0, 0.05) is 25.9 Å². The number of rotatable bonds is 3. The number of amides is 1. The van der Waals surface area contributed by atoms with E-state index < -0.39 is 0 Å². The molecule has 23 heavy (non-hydrogen) atoms. The van der Waals surface area contributed by atoms with Crippen molar-refractivity contribution in [2.24, 2.45) is 11.8 Å². The Hall–Kier alpha value is -1.88. The van der Waals surface area contributed by atoms with E-state index in [1.54, 1.807) is 0 Å². The van der Waals surface area contributed by atoms with Gasteiger partial charge in [-0.25, -0.2) is 4.98 Å². The summed E-state index contributed by atoms with van der Waals surface area (Å²) in [4.78, 5) is 19.0. The third kappa shape index (κ3) is 3.11. The van der Waals surface area contributed by atoms with E-state index in [1.165, 1.54) is 0 Å². The van der Waals surface area contributed by atoms with Gasteiger partial charge in [-0.2, -0.15) is 0 Å². The summed E-state index contributed by atoms with van der Waals surface area (Å²) in [5, 5.41) is 3.47. The lowest BCUT2D eigenvalue weighted by Crippen LogP contribution is -2.32. The van der Waals surface area contributed by atoms with E-state index in [1.807, 2.05) is 29.2 Å². The molecule has 2 saturated heterocycles. The Morgan fingerprint density at radius 1 is 1.22 bits per heavy atom. The fourth-order valence-corrected chi connectivity index (χ4v) is 3.87. The summed E-state index contributed by atoms with van der Waals surface area (Å²) >= 11 is 0. The van der Waals surface area contributed by atoms with Crippen LogP contribution in [0.5, 0.6) is 0 Å². The predicted octanol–water partition coefficient (Wildman–Crippen LogP) is 2.22. The van der Waals surface area contributed by atoms with Crippen molar-refractivity contribution in [2.45, 2.75) is 25.7 Å². The van der Waals surface area contributed by atoms with Crippen molar-refractivity contribution >= 4 is 17.0 Å². The largest absolute Gasteiger partial charge is 0.441 e. The van der Waals surface area contributed by atoms with Crippen molar-refractivity contribution in [3.8, 4) is 0 Å². The first-order valence-corrected chi connectivity index (χ1v) is 8.62. The molecule has 5 nitrogen and oxygen atoms in total. The van der Waals surface area contributed by atoms with Gasteiger partial charge in [0.2, 0.25) is 5.91 Å². The molecule has 2 aromatic rings. The van der Waals surface area contributed by atoms with Crippen molar-refractivity contribution in [1.82, 2.24) is 15.2 Å².